The van der Waals surface area contributed by atoms with Gasteiger partial charge in [0.05, 0.1) is 39.1 Å². The van der Waals surface area contributed by atoms with E-state index in [4.69, 9.17) is 19.4 Å². The Bertz CT molecular complexity index is 3650. The molecule has 0 saturated heterocycles. The van der Waals surface area contributed by atoms with Crippen LogP contribution >= 0.6 is 0 Å². The lowest BCUT2D eigenvalue weighted by Crippen LogP contribution is -2.01. The zero-order chi connectivity index (χ0) is 39.0. The molecule has 0 atom stereocenters. The molecule has 0 bridgehead atoms. The Morgan fingerprint density at radius 1 is 0.407 bits per heavy atom. The van der Waals surface area contributed by atoms with E-state index in [0.717, 1.165) is 93.6 Å². The minimum Gasteiger partial charge on any atom is -0.455 e. The minimum atomic E-state index is 0.539. The summed E-state index contributed by atoms with van der Waals surface area (Å²) in [5.41, 5.74) is 11.3. The van der Waals surface area contributed by atoms with Crippen molar-refractivity contribution in [2.24, 2.45) is 0 Å². The number of nitriles is 1. The fourth-order valence-corrected chi connectivity index (χ4v) is 8.80. The van der Waals surface area contributed by atoms with Gasteiger partial charge < -0.3 is 13.6 Å². The number of furan rings is 1. The molecule has 0 radical (unpaired) electrons. The smallest absolute Gasteiger partial charge is 0.164 e. The van der Waals surface area contributed by atoms with Crippen LogP contribution in [0.4, 0.5) is 0 Å². The summed E-state index contributed by atoms with van der Waals surface area (Å²) < 4.78 is 11.7. The van der Waals surface area contributed by atoms with Crippen molar-refractivity contribution < 1.29 is 4.42 Å². The van der Waals surface area contributed by atoms with Crippen LogP contribution in [-0.4, -0.2) is 24.1 Å². The highest BCUT2D eigenvalue weighted by molar-refractivity contribution is 6.39. The first-order valence-electron chi connectivity index (χ1n) is 19.5. The van der Waals surface area contributed by atoms with Gasteiger partial charge in [-0.1, -0.05) is 103 Å². The molecule has 7 nitrogen and oxygen atoms in total. The van der Waals surface area contributed by atoms with Gasteiger partial charge in [-0.05, 0) is 78.9 Å². The highest BCUT2D eigenvalue weighted by Gasteiger charge is 2.27. The molecule has 0 aliphatic rings. The van der Waals surface area contributed by atoms with Crippen LogP contribution in [0.3, 0.4) is 0 Å². The van der Waals surface area contributed by atoms with Crippen LogP contribution < -0.4 is 0 Å². The molecule has 12 aromatic rings. The van der Waals surface area contributed by atoms with Crippen LogP contribution in [0, 0.1) is 11.3 Å². The van der Waals surface area contributed by atoms with Crippen LogP contribution in [-0.2, 0) is 0 Å². The van der Waals surface area contributed by atoms with E-state index in [1.165, 1.54) is 0 Å². The molecule has 0 amide bonds. The first-order chi connectivity index (χ1) is 29.2. The molecular formula is C52H30N6O. The topological polar surface area (TPSA) is 85.5 Å². The van der Waals surface area contributed by atoms with Crippen molar-refractivity contribution in [3.63, 3.8) is 0 Å². The predicted molar refractivity (Wildman–Crippen MR) is 237 cm³/mol. The molecule has 7 heteroatoms. The van der Waals surface area contributed by atoms with Gasteiger partial charge in [-0.2, -0.15) is 5.26 Å². The summed E-state index contributed by atoms with van der Waals surface area (Å²) in [5, 5.41) is 16.1. The quantitative estimate of drug-likeness (QED) is 0.175. The summed E-state index contributed by atoms with van der Waals surface area (Å²) in [6.45, 7) is 0. The summed E-state index contributed by atoms with van der Waals surface area (Å²) in [6.07, 6.45) is 0. The van der Waals surface area contributed by atoms with Gasteiger partial charge in [-0.25, -0.2) is 15.0 Å². The van der Waals surface area contributed by atoms with E-state index in [9.17, 15) is 5.26 Å². The SMILES string of the molecule is N#Cc1ccc(-c2nc(-c3ccccc3)nc(-c3ccc(-n4c5ccccc5c5c6c7ccccc7oc6c6c7ccccc7n(-c7ccccc7)c6c54)cc3)n2)cc1. The highest BCUT2D eigenvalue weighted by Crippen LogP contribution is 2.49. The molecule has 0 saturated carbocycles. The lowest BCUT2D eigenvalue weighted by molar-refractivity contribution is 0.673. The monoisotopic (exact) mass is 754 g/mol. The lowest BCUT2D eigenvalue weighted by Gasteiger charge is -2.13. The van der Waals surface area contributed by atoms with Crippen LogP contribution in [0.25, 0.3) is 111 Å². The molecule has 0 spiro atoms. The number of aromatic nitrogens is 5. The zero-order valence-corrected chi connectivity index (χ0v) is 31.4. The molecule has 4 heterocycles. The second-order valence-electron chi connectivity index (χ2n) is 14.7. The van der Waals surface area contributed by atoms with Crippen molar-refractivity contribution in [2.45, 2.75) is 0 Å². The number of nitrogens with zero attached hydrogens (tertiary/aromatic N) is 6. The van der Waals surface area contributed by atoms with Gasteiger partial charge in [0.15, 0.2) is 17.5 Å². The number of hydrogen-bond acceptors (Lipinski definition) is 5. The predicted octanol–water partition coefficient (Wildman–Crippen LogP) is 12.8. The third kappa shape index (κ3) is 4.97. The second kappa shape index (κ2) is 12.8. The summed E-state index contributed by atoms with van der Waals surface area (Å²) in [5.74, 6) is 1.68. The van der Waals surface area contributed by atoms with E-state index in [2.05, 4.69) is 137 Å². The Morgan fingerprint density at radius 3 is 1.47 bits per heavy atom. The Labute approximate surface area is 337 Å². The van der Waals surface area contributed by atoms with Crippen LogP contribution in [0.5, 0.6) is 0 Å². The van der Waals surface area contributed by atoms with Crippen molar-refractivity contribution >= 4 is 65.6 Å². The van der Waals surface area contributed by atoms with E-state index >= 15 is 0 Å². The number of fused-ring (bicyclic) bond motifs is 12. The fraction of sp³-hybridized carbons (Fsp3) is 0. The maximum Gasteiger partial charge on any atom is 0.164 e. The first-order valence-corrected chi connectivity index (χ1v) is 19.5. The molecule has 0 unspecified atom stereocenters. The van der Waals surface area contributed by atoms with E-state index in [-0.39, 0.29) is 0 Å². The molecular weight excluding hydrogens is 725 g/mol. The minimum absolute atomic E-state index is 0.539. The largest absolute Gasteiger partial charge is 0.455 e. The van der Waals surface area contributed by atoms with Gasteiger partial charge >= 0.3 is 0 Å². The Morgan fingerprint density at radius 2 is 0.864 bits per heavy atom. The van der Waals surface area contributed by atoms with Gasteiger partial charge in [0.2, 0.25) is 0 Å². The Balaban J connectivity index is 1.15. The maximum absolute atomic E-state index is 9.42. The van der Waals surface area contributed by atoms with Gasteiger partial charge in [0.25, 0.3) is 0 Å². The van der Waals surface area contributed by atoms with Gasteiger partial charge in [0.1, 0.15) is 11.2 Å². The molecule has 0 aliphatic carbocycles. The summed E-state index contributed by atoms with van der Waals surface area (Å²) >= 11 is 0. The van der Waals surface area contributed by atoms with Crippen LogP contribution in [0.2, 0.25) is 0 Å². The third-order valence-electron chi connectivity index (χ3n) is 11.4. The average Bonchev–Trinajstić information content (AvgIpc) is 3.98. The first kappa shape index (κ1) is 32.9. The molecule has 0 N–H and O–H groups in total. The molecule has 274 valence electrons. The van der Waals surface area contributed by atoms with Crippen molar-refractivity contribution in [1.82, 2.24) is 24.1 Å². The number of rotatable bonds is 5. The van der Waals surface area contributed by atoms with Crippen LogP contribution in [0.1, 0.15) is 5.56 Å². The normalized spacial score (nSPS) is 11.7. The standard InChI is InChI=1S/C52H30N6O/c53-31-32-23-25-34(26-24-32)51-54-50(33-13-3-1-4-14-33)55-52(56-51)35-27-29-37(30-28-35)58-41-20-10-7-17-38(41)44-45-40-19-9-12-22-43(40)59-49(45)46-39-18-8-11-21-42(39)57(48(46)47(44)58)36-15-5-2-6-16-36/h1-30H. The van der Waals surface area contributed by atoms with Gasteiger partial charge in [0, 0.05) is 55.0 Å². The van der Waals surface area contributed by atoms with Gasteiger partial charge in [-0.3, -0.25) is 0 Å². The van der Waals surface area contributed by atoms with Crippen molar-refractivity contribution in [3.8, 4) is 51.6 Å². The van der Waals surface area contributed by atoms with Crippen molar-refractivity contribution in [2.75, 3.05) is 0 Å². The van der Waals surface area contributed by atoms with E-state index in [1.807, 2.05) is 48.5 Å². The molecule has 59 heavy (non-hydrogen) atoms. The van der Waals surface area contributed by atoms with E-state index in [0.29, 0.717) is 23.0 Å². The molecule has 4 aromatic heterocycles. The number of hydrogen-bond donors (Lipinski definition) is 0. The number of para-hydroxylation sites is 4. The Kier molecular flexibility index (Phi) is 7.16. The summed E-state index contributed by atoms with van der Waals surface area (Å²) in [7, 11) is 0. The van der Waals surface area contributed by atoms with Gasteiger partial charge in [-0.15, -0.1) is 0 Å². The third-order valence-corrected chi connectivity index (χ3v) is 11.4. The summed E-state index contributed by atoms with van der Waals surface area (Å²) in [6, 6.07) is 64.3. The fourth-order valence-electron chi connectivity index (χ4n) is 8.80. The Hall–Kier alpha value is -8.34. The molecule has 8 aromatic carbocycles. The van der Waals surface area contributed by atoms with Crippen molar-refractivity contribution in [3.05, 3.63) is 188 Å². The van der Waals surface area contributed by atoms with Crippen LogP contribution in [0.15, 0.2) is 186 Å². The second-order valence-corrected chi connectivity index (χ2v) is 14.7. The highest BCUT2D eigenvalue weighted by atomic mass is 16.3. The zero-order valence-electron chi connectivity index (χ0n) is 31.4. The lowest BCUT2D eigenvalue weighted by atomic mass is 10.0. The maximum atomic E-state index is 9.42. The van der Waals surface area contributed by atoms with E-state index in [1.54, 1.807) is 12.1 Å². The van der Waals surface area contributed by atoms with E-state index < -0.39 is 0 Å². The molecule has 12 rings (SSSR count). The molecule has 0 aliphatic heterocycles. The molecule has 0 fully saturated rings. The average molecular weight is 755 g/mol. The summed E-state index contributed by atoms with van der Waals surface area (Å²) in [4.78, 5) is 14.9. The van der Waals surface area contributed by atoms with Crippen molar-refractivity contribution in [1.29, 1.82) is 5.26 Å². The number of benzene rings is 8.